The molecular weight excluding hydrogens is 353 g/mol. The van der Waals surface area contributed by atoms with Crippen LogP contribution in [0.15, 0.2) is 23.1 Å². The monoisotopic (exact) mass is 371 g/mol. The van der Waals surface area contributed by atoms with Crippen LogP contribution in [0.25, 0.3) is 0 Å². The summed E-state index contributed by atoms with van der Waals surface area (Å²) in [4.78, 5) is 0.880. The highest BCUT2D eigenvalue weighted by Crippen LogP contribution is 2.35. The molecule has 2 N–H and O–H groups in total. The summed E-state index contributed by atoms with van der Waals surface area (Å²) >= 11 is 5.51. The number of benzene rings is 1. The van der Waals surface area contributed by atoms with Crippen LogP contribution in [0.4, 0.5) is 13.2 Å². The Balaban J connectivity index is 2.17. The van der Waals surface area contributed by atoms with Crippen molar-refractivity contribution in [3.05, 3.63) is 28.8 Å². The molecule has 4 nitrogen and oxygen atoms in total. The van der Waals surface area contributed by atoms with E-state index in [-0.39, 0.29) is 12.6 Å². The van der Waals surface area contributed by atoms with Gasteiger partial charge in [0, 0.05) is 12.8 Å². The maximum absolute atomic E-state index is 12.8. The minimum atomic E-state index is -4.70. The largest absolute Gasteiger partial charge is 0.417 e. The number of halogens is 4. The van der Waals surface area contributed by atoms with Crippen molar-refractivity contribution in [2.24, 2.45) is 0 Å². The summed E-state index contributed by atoms with van der Waals surface area (Å²) in [5, 5.41) is -0.520. The summed E-state index contributed by atoms with van der Waals surface area (Å²) in [5.74, 6) is 0. The Kier molecular flexibility index (Phi) is 5.60. The number of alkyl halides is 3. The second-order valence-corrected chi connectivity index (χ2v) is 7.77. The highest BCUT2D eigenvalue weighted by molar-refractivity contribution is 7.89. The zero-order valence-corrected chi connectivity index (χ0v) is 14.2. The molecule has 2 atom stereocenters. The van der Waals surface area contributed by atoms with Gasteiger partial charge in [0.05, 0.1) is 35.1 Å². The second kappa shape index (κ2) is 6.96. The molecule has 0 aliphatic carbocycles. The Morgan fingerprint density at radius 1 is 1.39 bits per heavy atom. The highest BCUT2D eigenvalue weighted by Gasteiger charge is 2.35. The van der Waals surface area contributed by atoms with Crippen molar-refractivity contribution >= 4 is 21.6 Å². The number of hydrogen-bond acceptors (Lipinski definition) is 2. The molecule has 0 saturated carbocycles. The third-order valence-electron chi connectivity index (χ3n) is 4.16. The first-order valence-electron chi connectivity index (χ1n) is 7.36. The Hall–Kier alpha value is -0.830. The van der Waals surface area contributed by atoms with Crippen molar-refractivity contribution in [1.29, 1.82) is 0 Å². The average Bonchev–Trinajstić information content (AvgIpc) is 2.91. The maximum atomic E-state index is 12.8. The minimum Gasteiger partial charge on any atom is -0.332 e. The average molecular weight is 372 g/mol. The first kappa shape index (κ1) is 18.5. The summed E-state index contributed by atoms with van der Waals surface area (Å²) in [6.45, 7) is 4.13. The Morgan fingerprint density at radius 3 is 2.70 bits per heavy atom. The molecule has 1 heterocycles. The molecule has 0 radical (unpaired) electrons. The van der Waals surface area contributed by atoms with Crippen LogP contribution in [-0.4, -0.2) is 34.1 Å². The van der Waals surface area contributed by atoms with Crippen LogP contribution in [0.3, 0.4) is 0 Å². The molecule has 1 aliphatic rings. The third-order valence-corrected chi connectivity index (χ3v) is 5.91. The maximum Gasteiger partial charge on any atom is 0.417 e. The normalized spacial score (nSPS) is 22.5. The predicted molar refractivity (Wildman–Crippen MR) is 81.0 cm³/mol. The van der Waals surface area contributed by atoms with Gasteiger partial charge in [-0.3, -0.25) is 0 Å². The number of likely N-dealkylation sites (tertiary alicyclic amines) is 1. The van der Waals surface area contributed by atoms with Gasteiger partial charge in [0.1, 0.15) is 6.04 Å². The van der Waals surface area contributed by atoms with Gasteiger partial charge in [-0.05, 0) is 25.1 Å². The van der Waals surface area contributed by atoms with Gasteiger partial charge in [0.25, 0.3) is 0 Å². The molecule has 0 bridgehead atoms. The second-order valence-electron chi connectivity index (χ2n) is 5.59. The van der Waals surface area contributed by atoms with Gasteiger partial charge in [-0.25, -0.2) is 13.1 Å². The molecule has 0 spiro atoms. The summed E-state index contributed by atoms with van der Waals surface area (Å²) in [6.07, 6.45) is -2.77. The zero-order valence-electron chi connectivity index (χ0n) is 12.6. The molecule has 1 unspecified atom stereocenters. The van der Waals surface area contributed by atoms with Gasteiger partial charge in [0.2, 0.25) is 10.0 Å². The van der Waals surface area contributed by atoms with Crippen LogP contribution in [-0.2, 0) is 16.2 Å². The summed E-state index contributed by atoms with van der Waals surface area (Å²) in [7, 11) is -4.00. The van der Waals surface area contributed by atoms with Gasteiger partial charge in [0.15, 0.2) is 0 Å². The van der Waals surface area contributed by atoms with Gasteiger partial charge < -0.3 is 4.90 Å². The van der Waals surface area contributed by atoms with Gasteiger partial charge in [-0.1, -0.05) is 11.6 Å². The fourth-order valence-corrected chi connectivity index (χ4v) is 4.21. The van der Waals surface area contributed by atoms with E-state index in [4.69, 9.17) is 11.6 Å². The number of sulfonamides is 1. The fraction of sp³-hybridized carbons (Fsp3) is 0.571. The lowest BCUT2D eigenvalue weighted by atomic mass is 10.2. The van der Waals surface area contributed by atoms with Gasteiger partial charge in [-0.2, -0.15) is 13.2 Å². The van der Waals surface area contributed by atoms with Crippen molar-refractivity contribution < 1.29 is 26.5 Å². The summed E-state index contributed by atoms with van der Waals surface area (Å²) in [5.41, 5.74) is -1.15. The molecule has 130 valence electrons. The molecule has 23 heavy (non-hydrogen) atoms. The number of rotatable bonds is 5. The minimum absolute atomic E-state index is 0.157. The number of likely N-dealkylation sites (N-methyl/N-ethyl adjacent to an activating group) is 1. The van der Waals surface area contributed by atoms with E-state index in [2.05, 4.69) is 4.72 Å². The van der Waals surface area contributed by atoms with Crippen molar-refractivity contribution in [3.63, 3.8) is 0 Å². The lowest BCUT2D eigenvalue weighted by Crippen LogP contribution is -3.14. The van der Waals surface area contributed by atoms with E-state index in [0.717, 1.165) is 38.1 Å². The number of hydrogen-bond donors (Lipinski definition) is 2. The van der Waals surface area contributed by atoms with Crippen molar-refractivity contribution in [2.45, 2.75) is 36.9 Å². The Morgan fingerprint density at radius 2 is 2.09 bits per heavy atom. The first-order valence-corrected chi connectivity index (χ1v) is 9.22. The third kappa shape index (κ3) is 4.37. The summed E-state index contributed by atoms with van der Waals surface area (Å²) < 4.78 is 65.4. The number of nitrogens with one attached hydrogen (secondary N) is 2. The molecule has 1 fully saturated rings. The first-order chi connectivity index (χ1) is 10.6. The zero-order chi connectivity index (χ0) is 17.3. The van der Waals surface area contributed by atoms with Crippen LogP contribution < -0.4 is 9.62 Å². The molecule has 0 amide bonds. The molecule has 1 aliphatic heterocycles. The van der Waals surface area contributed by atoms with Crippen LogP contribution in [0.5, 0.6) is 0 Å². The van der Waals surface area contributed by atoms with E-state index in [1.165, 1.54) is 4.90 Å². The van der Waals surface area contributed by atoms with Crippen LogP contribution in [0.1, 0.15) is 25.3 Å². The topological polar surface area (TPSA) is 50.6 Å². The quantitative estimate of drug-likeness (QED) is 0.827. The molecule has 2 rings (SSSR count). The van der Waals surface area contributed by atoms with Crippen molar-refractivity contribution in [3.8, 4) is 0 Å². The van der Waals surface area contributed by atoms with Crippen LogP contribution in [0, 0.1) is 0 Å². The van der Waals surface area contributed by atoms with Crippen LogP contribution >= 0.6 is 11.6 Å². The van der Waals surface area contributed by atoms with Crippen molar-refractivity contribution in [1.82, 2.24) is 4.72 Å². The molecular formula is C14H19ClF3N2O2S+. The van der Waals surface area contributed by atoms with E-state index >= 15 is 0 Å². The van der Waals surface area contributed by atoms with E-state index in [9.17, 15) is 21.6 Å². The van der Waals surface area contributed by atoms with E-state index in [0.29, 0.717) is 6.07 Å². The molecule has 0 aromatic heterocycles. The lowest BCUT2D eigenvalue weighted by Gasteiger charge is -2.20. The highest BCUT2D eigenvalue weighted by atomic mass is 35.5. The van der Waals surface area contributed by atoms with Crippen molar-refractivity contribution in [2.75, 3.05) is 19.6 Å². The molecule has 9 heteroatoms. The SMILES string of the molecule is CC[NH+]1CCC[C@@H]1CNS(=O)(=O)c1ccc(Cl)c(C(F)(F)F)c1. The standard InChI is InChI=1S/C14H18ClF3N2O2S/c1-2-20-7-3-4-10(20)9-19-23(21,22)11-5-6-13(15)12(8-11)14(16,17)18/h5-6,8,10,19H,2-4,7,9H2,1H3/p+1/t10-/m1/s1. The number of quaternary nitrogens is 1. The summed E-state index contributed by atoms with van der Waals surface area (Å²) in [6, 6.07) is 2.77. The van der Waals surface area contributed by atoms with E-state index < -0.39 is 31.7 Å². The fourth-order valence-electron chi connectivity index (χ4n) is 2.88. The van der Waals surface area contributed by atoms with E-state index in [1.54, 1.807) is 0 Å². The molecule has 1 saturated heterocycles. The van der Waals surface area contributed by atoms with Crippen LogP contribution in [0.2, 0.25) is 5.02 Å². The van der Waals surface area contributed by atoms with Gasteiger partial charge >= 0.3 is 6.18 Å². The Bertz CT molecular complexity index is 664. The Labute approximate surface area is 138 Å². The lowest BCUT2D eigenvalue weighted by molar-refractivity contribution is -0.909. The van der Waals surface area contributed by atoms with E-state index in [1.807, 2.05) is 6.92 Å². The predicted octanol–water partition coefficient (Wildman–Crippen LogP) is 1.70. The molecule has 1 aromatic carbocycles. The molecule has 1 aromatic rings. The van der Waals surface area contributed by atoms with Gasteiger partial charge in [-0.15, -0.1) is 0 Å². The smallest absolute Gasteiger partial charge is 0.332 e.